The molecule has 0 N–H and O–H groups in total. The first kappa shape index (κ1) is 12.2. The average Bonchev–Trinajstić information content (AvgIpc) is 2.15. The Balaban J connectivity index is 2.59. The lowest BCUT2D eigenvalue weighted by atomic mass is 9.65. The summed E-state index contributed by atoms with van der Waals surface area (Å²) in [5.74, 6) is 0.666. The molecule has 0 radical (unpaired) electrons. The Morgan fingerprint density at radius 1 is 1.60 bits per heavy atom. The van der Waals surface area contributed by atoms with Crippen molar-refractivity contribution in [2.24, 2.45) is 11.3 Å². The number of allylic oxidation sites excluding steroid dienone is 2. The topological polar surface area (TPSA) is 17.1 Å². The summed E-state index contributed by atoms with van der Waals surface area (Å²) in [6, 6.07) is 0. The van der Waals surface area contributed by atoms with Gasteiger partial charge in [-0.1, -0.05) is 32.6 Å². The van der Waals surface area contributed by atoms with Crippen LogP contribution >= 0.6 is 0 Å². The highest BCUT2D eigenvalue weighted by Crippen LogP contribution is 2.45. The molecule has 1 atom stereocenters. The van der Waals surface area contributed by atoms with Crippen LogP contribution in [0.25, 0.3) is 0 Å². The van der Waals surface area contributed by atoms with Crippen LogP contribution in [-0.4, -0.2) is 5.78 Å². The molecule has 1 aliphatic rings. The molecule has 15 heavy (non-hydrogen) atoms. The monoisotopic (exact) mass is 206 g/mol. The molecule has 0 bridgehead atoms. The Bertz CT molecular complexity index is 273. The zero-order valence-electron chi connectivity index (χ0n) is 10.0. The van der Waals surface area contributed by atoms with E-state index in [1.807, 2.05) is 0 Å². The molecule has 0 aromatic carbocycles. The highest BCUT2D eigenvalue weighted by Gasteiger charge is 2.34. The van der Waals surface area contributed by atoms with Gasteiger partial charge in [0.2, 0.25) is 0 Å². The molecule has 1 fully saturated rings. The molecule has 0 aromatic rings. The molecule has 1 heteroatoms. The molecule has 0 heterocycles. The summed E-state index contributed by atoms with van der Waals surface area (Å²) in [5.41, 5.74) is 1.65. The van der Waals surface area contributed by atoms with E-state index in [4.69, 9.17) is 0 Å². The van der Waals surface area contributed by atoms with Crippen LogP contribution in [0.1, 0.15) is 46.0 Å². The highest BCUT2D eigenvalue weighted by molar-refractivity contribution is 5.88. The second-order valence-corrected chi connectivity index (χ2v) is 5.26. The standard InChI is InChI=1S/C14H22O/c1-5-12(15)8-9-13-11(2)7-6-10-14(13,3)4/h5,13H,1-2,6-10H2,3-4H3/t13-/m1/s1. The van der Waals surface area contributed by atoms with Gasteiger partial charge in [0.25, 0.3) is 0 Å². The van der Waals surface area contributed by atoms with Gasteiger partial charge in [-0.05, 0) is 43.1 Å². The minimum absolute atomic E-state index is 0.157. The maximum absolute atomic E-state index is 11.2. The van der Waals surface area contributed by atoms with E-state index in [9.17, 15) is 4.79 Å². The van der Waals surface area contributed by atoms with Crippen LogP contribution in [0.15, 0.2) is 24.8 Å². The van der Waals surface area contributed by atoms with Gasteiger partial charge in [-0.25, -0.2) is 0 Å². The van der Waals surface area contributed by atoms with Crippen LogP contribution < -0.4 is 0 Å². The Morgan fingerprint density at radius 2 is 2.27 bits per heavy atom. The number of hydrogen-bond acceptors (Lipinski definition) is 1. The molecule has 0 aliphatic heterocycles. The van der Waals surface area contributed by atoms with Crippen molar-refractivity contribution in [3.05, 3.63) is 24.8 Å². The minimum atomic E-state index is 0.157. The van der Waals surface area contributed by atoms with Crippen LogP contribution in [0.3, 0.4) is 0 Å². The lowest BCUT2D eigenvalue weighted by Crippen LogP contribution is -2.29. The van der Waals surface area contributed by atoms with Crippen molar-refractivity contribution in [3.63, 3.8) is 0 Å². The van der Waals surface area contributed by atoms with Gasteiger partial charge >= 0.3 is 0 Å². The Labute approximate surface area is 93.3 Å². The summed E-state index contributed by atoms with van der Waals surface area (Å²) in [4.78, 5) is 11.2. The third kappa shape index (κ3) is 3.05. The summed E-state index contributed by atoms with van der Waals surface area (Å²) in [6.07, 6.45) is 6.62. The first-order valence-corrected chi connectivity index (χ1v) is 5.80. The van der Waals surface area contributed by atoms with Gasteiger partial charge in [0, 0.05) is 6.42 Å². The number of carbonyl (C=O) groups excluding carboxylic acids is 1. The van der Waals surface area contributed by atoms with E-state index < -0.39 is 0 Å². The highest BCUT2D eigenvalue weighted by atomic mass is 16.1. The summed E-state index contributed by atoms with van der Waals surface area (Å²) in [6.45, 7) is 12.2. The molecule has 1 aliphatic carbocycles. The van der Waals surface area contributed by atoms with Crippen molar-refractivity contribution < 1.29 is 4.79 Å². The molecule has 0 aromatic heterocycles. The minimum Gasteiger partial charge on any atom is -0.295 e. The molecule has 1 saturated carbocycles. The fourth-order valence-corrected chi connectivity index (χ4v) is 2.66. The van der Waals surface area contributed by atoms with E-state index in [1.165, 1.54) is 24.5 Å². The molecular weight excluding hydrogens is 184 g/mol. The number of carbonyl (C=O) groups is 1. The summed E-state index contributed by atoms with van der Waals surface area (Å²) in [5, 5.41) is 0. The molecule has 0 saturated heterocycles. The van der Waals surface area contributed by atoms with Crippen molar-refractivity contribution in [1.29, 1.82) is 0 Å². The number of rotatable bonds is 4. The third-order valence-corrected chi connectivity index (χ3v) is 3.66. The van der Waals surface area contributed by atoms with Gasteiger partial charge in [-0.2, -0.15) is 0 Å². The first-order chi connectivity index (χ1) is 6.97. The Kier molecular flexibility index (Phi) is 3.90. The smallest absolute Gasteiger partial charge is 0.155 e. The zero-order chi connectivity index (χ0) is 11.5. The van der Waals surface area contributed by atoms with Crippen LogP contribution in [-0.2, 0) is 4.79 Å². The lowest BCUT2D eigenvalue weighted by Gasteiger charge is -2.40. The molecule has 1 rings (SSSR count). The van der Waals surface area contributed by atoms with Crippen LogP contribution in [0, 0.1) is 11.3 Å². The maximum atomic E-state index is 11.2. The van der Waals surface area contributed by atoms with Gasteiger partial charge < -0.3 is 0 Å². The third-order valence-electron chi connectivity index (χ3n) is 3.66. The Hall–Kier alpha value is -0.850. The molecular formula is C14H22O. The van der Waals surface area contributed by atoms with Gasteiger partial charge in [-0.3, -0.25) is 4.79 Å². The molecule has 0 amide bonds. The SMILES string of the molecule is C=CC(=O)CC[C@@H]1C(=C)CCCC1(C)C. The van der Waals surface area contributed by atoms with E-state index in [-0.39, 0.29) is 5.78 Å². The van der Waals surface area contributed by atoms with Crippen molar-refractivity contribution in [2.45, 2.75) is 46.0 Å². The van der Waals surface area contributed by atoms with Crippen LogP contribution in [0.4, 0.5) is 0 Å². The van der Waals surface area contributed by atoms with E-state index >= 15 is 0 Å². The number of ketones is 1. The summed E-state index contributed by atoms with van der Waals surface area (Å²) >= 11 is 0. The fourth-order valence-electron chi connectivity index (χ4n) is 2.66. The van der Waals surface area contributed by atoms with E-state index in [2.05, 4.69) is 27.0 Å². The summed E-state index contributed by atoms with van der Waals surface area (Å²) in [7, 11) is 0. The van der Waals surface area contributed by atoms with Crippen molar-refractivity contribution in [1.82, 2.24) is 0 Å². The van der Waals surface area contributed by atoms with Gasteiger partial charge in [0.05, 0.1) is 0 Å². The molecule has 1 nitrogen and oxygen atoms in total. The first-order valence-electron chi connectivity index (χ1n) is 5.80. The largest absolute Gasteiger partial charge is 0.295 e. The quantitative estimate of drug-likeness (QED) is 0.503. The van der Waals surface area contributed by atoms with Crippen molar-refractivity contribution >= 4 is 5.78 Å². The second-order valence-electron chi connectivity index (χ2n) is 5.26. The Morgan fingerprint density at radius 3 is 2.80 bits per heavy atom. The predicted molar refractivity (Wildman–Crippen MR) is 64.7 cm³/mol. The van der Waals surface area contributed by atoms with Crippen LogP contribution in [0.2, 0.25) is 0 Å². The number of hydrogen-bond donors (Lipinski definition) is 0. The van der Waals surface area contributed by atoms with Crippen LogP contribution in [0.5, 0.6) is 0 Å². The van der Waals surface area contributed by atoms with E-state index in [1.54, 1.807) is 0 Å². The average molecular weight is 206 g/mol. The van der Waals surface area contributed by atoms with Crippen molar-refractivity contribution in [2.75, 3.05) is 0 Å². The predicted octanol–water partition coefficient (Wildman–Crippen LogP) is 3.90. The normalized spacial score (nSPS) is 24.9. The summed E-state index contributed by atoms with van der Waals surface area (Å²) < 4.78 is 0. The zero-order valence-corrected chi connectivity index (χ0v) is 10.0. The van der Waals surface area contributed by atoms with Gasteiger partial charge in [0.15, 0.2) is 5.78 Å². The van der Waals surface area contributed by atoms with Gasteiger partial charge in [0.1, 0.15) is 0 Å². The second kappa shape index (κ2) is 4.78. The van der Waals surface area contributed by atoms with Gasteiger partial charge in [-0.15, -0.1) is 0 Å². The fraction of sp³-hybridized carbons (Fsp3) is 0.643. The van der Waals surface area contributed by atoms with Crippen molar-refractivity contribution in [3.8, 4) is 0 Å². The lowest BCUT2D eigenvalue weighted by molar-refractivity contribution is -0.115. The molecule has 0 unspecified atom stereocenters. The molecule has 84 valence electrons. The maximum Gasteiger partial charge on any atom is 0.155 e. The van der Waals surface area contributed by atoms with E-state index in [0.29, 0.717) is 17.8 Å². The molecule has 0 spiro atoms. The van der Waals surface area contributed by atoms with E-state index in [0.717, 1.165) is 12.8 Å².